The maximum Gasteiger partial charge on any atom is 0.407 e. The van der Waals surface area contributed by atoms with E-state index in [0.717, 1.165) is 18.7 Å². The minimum absolute atomic E-state index is 0.394. The largest absolute Gasteiger partial charge is 0.495 e. The maximum absolute atomic E-state index is 11.4. The quantitative estimate of drug-likeness (QED) is 0.786. The van der Waals surface area contributed by atoms with E-state index in [1.807, 2.05) is 39.0 Å². The molecule has 0 aliphatic carbocycles. The van der Waals surface area contributed by atoms with E-state index in [1.54, 1.807) is 7.11 Å². The molecule has 1 aromatic rings. The Hall–Kier alpha value is -1.62. The fraction of sp³-hybridized carbons (Fsp3) is 0.533. The zero-order valence-corrected chi connectivity index (χ0v) is 13.7. The lowest BCUT2D eigenvalue weighted by Gasteiger charge is -2.19. The molecule has 0 heterocycles. The Morgan fingerprint density at radius 2 is 2.00 bits per heavy atom. The van der Waals surface area contributed by atoms with Gasteiger partial charge in [0, 0.05) is 18.8 Å². The van der Waals surface area contributed by atoms with Gasteiger partial charge in [0.2, 0.25) is 0 Å². The monoisotopic (exact) mass is 314 g/mol. The van der Waals surface area contributed by atoms with Gasteiger partial charge in [-0.2, -0.15) is 0 Å². The second-order valence-corrected chi connectivity index (χ2v) is 5.97. The summed E-state index contributed by atoms with van der Waals surface area (Å²) < 4.78 is 10.2. The summed E-state index contributed by atoms with van der Waals surface area (Å²) in [6.45, 7) is 6.77. The molecule has 21 heavy (non-hydrogen) atoms. The van der Waals surface area contributed by atoms with Crippen LogP contribution in [0.4, 0.5) is 10.5 Å². The number of nitrogens with one attached hydrogen (secondary N) is 2. The molecule has 118 valence electrons. The summed E-state index contributed by atoms with van der Waals surface area (Å²) in [6.07, 6.45) is 0.387. The second-order valence-electron chi connectivity index (χ2n) is 5.56. The molecule has 1 amide bonds. The third kappa shape index (κ3) is 7.09. The van der Waals surface area contributed by atoms with Crippen LogP contribution < -0.4 is 15.4 Å². The number of methoxy groups -OCH3 is 1. The molecule has 1 rings (SSSR count). The number of carbonyl (C=O) groups is 1. The Labute approximate surface area is 131 Å². The van der Waals surface area contributed by atoms with Crippen LogP contribution in [0.1, 0.15) is 27.2 Å². The number of carbonyl (C=O) groups excluding carboxylic acids is 1. The first kappa shape index (κ1) is 17.4. The fourth-order valence-electron chi connectivity index (χ4n) is 1.60. The van der Waals surface area contributed by atoms with Crippen LogP contribution in [0, 0.1) is 0 Å². The van der Waals surface area contributed by atoms with Crippen molar-refractivity contribution < 1.29 is 14.3 Å². The van der Waals surface area contributed by atoms with Crippen LogP contribution in [-0.2, 0) is 4.74 Å². The molecule has 0 aliphatic heterocycles. The number of hydrogen-bond donors (Lipinski definition) is 2. The van der Waals surface area contributed by atoms with Crippen LogP contribution in [0.2, 0.25) is 5.02 Å². The highest BCUT2D eigenvalue weighted by atomic mass is 35.5. The number of benzene rings is 1. The van der Waals surface area contributed by atoms with Crippen molar-refractivity contribution in [3.63, 3.8) is 0 Å². The number of halogens is 1. The standard InChI is InChI=1S/C15H23ClN2O3/c1-15(2,3)21-14(19)18-9-5-8-17-11-6-7-13(20-4)12(16)10-11/h6-7,10,17H,5,8-9H2,1-4H3,(H,18,19). The van der Waals surface area contributed by atoms with Gasteiger partial charge in [-0.1, -0.05) is 11.6 Å². The number of amides is 1. The molecule has 2 N–H and O–H groups in total. The fourth-order valence-corrected chi connectivity index (χ4v) is 1.86. The molecular formula is C15H23ClN2O3. The van der Waals surface area contributed by atoms with Gasteiger partial charge < -0.3 is 20.1 Å². The first-order valence-electron chi connectivity index (χ1n) is 6.86. The second kappa shape index (κ2) is 7.98. The van der Waals surface area contributed by atoms with Crippen LogP contribution in [0.5, 0.6) is 5.75 Å². The molecule has 1 aromatic carbocycles. The third-order valence-electron chi connectivity index (χ3n) is 2.50. The highest BCUT2D eigenvalue weighted by molar-refractivity contribution is 6.32. The number of ether oxygens (including phenoxy) is 2. The van der Waals surface area contributed by atoms with Crippen molar-refractivity contribution in [3.05, 3.63) is 23.2 Å². The molecule has 0 aromatic heterocycles. The predicted molar refractivity (Wildman–Crippen MR) is 85.3 cm³/mol. The molecule has 0 aliphatic rings. The van der Waals surface area contributed by atoms with Crippen molar-refractivity contribution in [2.45, 2.75) is 32.8 Å². The number of hydrogen-bond acceptors (Lipinski definition) is 4. The van der Waals surface area contributed by atoms with Gasteiger partial charge in [-0.3, -0.25) is 0 Å². The molecule has 0 radical (unpaired) electrons. The van der Waals surface area contributed by atoms with Crippen molar-refractivity contribution in [1.29, 1.82) is 0 Å². The summed E-state index contributed by atoms with van der Waals surface area (Å²) in [5.74, 6) is 0.647. The molecule has 0 saturated heterocycles. The minimum atomic E-state index is -0.470. The van der Waals surface area contributed by atoms with Gasteiger partial charge in [-0.05, 0) is 45.4 Å². The normalized spacial score (nSPS) is 10.9. The van der Waals surface area contributed by atoms with Gasteiger partial charge in [0.15, 0.2) is 0 Å². The number of anilines is 1. The van der Waals surface area contributed by atoms with Gasteiger partial charge in [0.05, 0.1) is 12.1 Å². The van der Waals surface area contributed by atoms with E-state index in [0.29, 0.717) is 17.3 Å². The van der Waals surface area contributed by atoms with Crippen LogP contribution in [0.3, 0.4) is 0 Å². The van der Waals surface area contributed by atoms with E-state index in [2.05, 4.69) is 10.6 Å². The van der Waals surface area contributed by atoms with Crippen molar-refractivity contribution in [2.75, 3.05) is 25.5 Å². The minimum Gasteiger partial charge on any atom is -0.495 e. The molecule has 5 nitrogen and oxygen atoms in total. The lowest BCUT2D eigenvalue weighted by molar-refractivity contribution is 0.0528. The molecule has 6 heteroatoms. The van der Waals surface area contributed by atoms with E-state index < -0.39 is 11.7 Å². The van der Waals surface area contributed by atoms with E-state index in [1.165, 1.54) is 0 Å². The zero-order valence-electron chi connectivity index (χ0n) is 13.0. The van der Waals surface area contributed by atoms with Gasteiger partial charge in [-0.15, -0.1) is 0 Å². The molecule has 0 spiro atoms. The van der Waals surface area contributed by atoms with Gasteiger partial charge in [0.1, 0.15) is 11.4 Å². The van der Waals surface area contributed by atoms with E-state index in [9.17, 15) is 4.79 Å². The molecule has 0 bridgehead atoms. The van der Waals surface area contributed by atoms with Crippen molar-refractivity contribution in [2.24, 2.45) is 0 Å². The molecule has 0 fully saturated rings. The summed E-state index contributed by atoms with van der Waals surface area (Å²) >= 11 is 6.03. The summed E-state index contributed by atoms with van der Waals surface area (Å²) in [5, 5.41) is 6.50. The van der Waals surface area contributed by atoms with Crippen LogP contribution in [0.25, 0.3) is 0 Å². The lowest BCUT2D eigenvalue weighted by Crippen LogP contribution is -2.33. The SMILES string of the molecule is COc1ccc(NCCCNC(=O)OC(C)(C)C)cc1Cl. The Morgan fingerprint density at radius 1 is 1.29 bits per heavy atom. The predicted octanol–water partition coefficient (Wildman–Crippen LogP) is 3.68. The Kier molecular flexibility index (Phi) is 6.62. The molecule has 0 atom stereocenters. The number of rotatable bonds is 6. The zero-order chi connectivity index (χ0) is 15.9. The van der Waals surface area contributed by atoms with Gasteiger partial charge >= 0.3 is 6.09 Å². The van der Waals surface area contributed by atoms with Crippen LogP contribution in [0.15, 0.2) is 18.2 Å². The van der Waals surface area contributed by atoms with Crippen LogP contribution >= 0.6 is 11.6 Å². The average molecular weight is 315 g/mol. The van der Waals surface area contributed by atoms with E-state index in [4.69, 9.17) is 21.1 Å². The van der Waals surface area contributed by atoms with Gasteiger partial charge in [0.25, 0.3) is 0 Å². The van der Waals surface area contributed by atoms with Crippen molar-refractivity contribution in [3.8, 4) is 5.75 Å². The molecular weight excluding hydrogens is 292 g/mol. The highest BCUT2D eigenvalue weighted by Crippen LogP contribution is 2.27. The molecule has 0 unspecified atom stereocenters. The molecule has 0 saturated carbocycles. The average Bonchev–Trinajstić information content (AvgIpc) is 2.36. The Bertz CT molecular complexity index is 472. The first-order valence-corrected chi connectivity index (χ1v) is 7.24. The first-order chi connectivity index (χ1) is 9.81. The lowest BCUT2D eigenvalue weighted by atomic mass is 10.2. The van der Waals surface area contributed by atoms with Crippen LogP contribution in [-0.4, -0.2) is 31.9 Å². The highest BCUT2D eigenvalue weighted by Gasteiger charge is 2.15. The maximum atomic E-state index is 11.4. The topological polar surface area (TPSA) is 59.6 Å². The Balaban J connectivity index is 2.23. The van der Waals surface area contributed by atoms with E-state index >= 15 is 0 Å². The Morgan fingerprint density at radius 3 is 2.57 bits per heavy atom. The van der Waals surface area contributed by atoms with Crippen molar-refractivity contribution >= 4 is 23.4 Å². The smallest absolute Gasteiger partial charge is 0.407 e. The van der Waals surface area contributed by atoms with Crippen molar-refractivity contribution in [1.82, 2.24) is 5.32 Å². The summed E-state index contributed by atoms with van der Waals surface area (Å²) in [7, 11) is 1.58. The third-order valence-corrected chi connectivity index (χ3v) is 2.80. The summed E-state index contributed by atoms with van der Waals surface area (Å²) in [6, 6.07) is 5.51. The van der Waals surface area contributed by atoms with Gasteiger partial charge in [-0.25, -0.2) is 4.79 Å². The number of alkyl carbamates (subject to hydrolysis) is 1. The summed E-state index contributed by atoms with van der Waals surface area (Å²) in [4.78, 5) is 11.4. The summed E-state index contributed by atoms with van der Waals surface area (Å²) in [5.41, 5.74) is 0.445. The van der Waals surface area contributed by atoms with E-state index in [-0.39, 0.29) is 0 Å².